The third kappa shape index (κ3) is 1.30. The van der Waals surface area contributed by atoms with E-state index >= 15 is 0 Å². The van der Waals surface area contributed by atoms with Gasteiger partial charge in [-0.15, -0.1) is 0 Å². The number of benzene rings is 1. The number of epoxide rings is 1. The smallest absolute Gasteiger partial charge is 0.178 e. The Morgan fingerprint density at radius 3 is 2.57 bits per heavy atom. The van der Waals surface area contributed by atoms with Gasteiger partial charge in [-0.05, 0) is 24.1 Å². The summed E-state index contributed by atoms with van der Waals surface area (Å²) in [5.41, 5.74) is 0.662. The summed E-state index contributed by atoms with van der Waals surface area (Å²) in [5, 5.41) is 9.49. The molecule has 2 atom stereocenters. The fourth-order valence-corrected chi connectivity index (χ4v) is 1.86. The molecule has 72 valence electrons. The van der Waals surface area contributed by atoms with Gasteiger partial charge in [-0.25, -0.2) is 0 Å². The summed E-state index contributed by atoms with van der Waals surface area (Å²) in [5.74, 6) is 0. The second kappa shape index (κ2) is 3.27. The molecule has 0 spiro atoms. The van der Waals surface area contributed by atoms with Crippen LogP contribution in [0, 0.1) is 11.3 Å². The minimum atomic E-state index is -0.376. The van der Waals surface area contributed by atoms with Crippen molar-refractivity contribution in [1.82, 2.24) is 0 Å². The molecule has 2 nitrogen and oxygen atoms in total. The molecule has 0 saturated carbocycles. The largest absolute Gasteiger partial charge is 0.345 e. The second-order valence-electron chi connectivity index (χ2n) is 3.38. The molecule has 1 heterocycles. The van der Waals surface area contributed by atoms with Crippen LogP contribution in [0.2, 0.25) is 5.02 Å². The Bertz CT molecular complexity index is 381. The highest BCUT2D eigenvalue weighted by Crippen LogP contribution is 2.48. The van der Waals surface area contributed by atoms with E-state index in [2.05, 4.69) is 6.07 Å². The first-order chi connectivity index (χ1) is 6.73. The molecule has 0 aromatic heterocycles. The molecule has 0 aliphatic carbocycles. The third-order valence-corrected chi connectivity index (χ3v) is 2.92. The average Bonchev–Trinajstić information content (AvgIpc) is 2.94. The summed E-state index contributed by atoms with van der Waals surface area (Å²) >= 11 is 5.79. The number of hydrogen-bond acceptors (Lipinski definition) is 2. The Morgan fingerprint density at radius 1 is 1.50 bits per heavy atom. The fraction of sp³-hybridized carbons (Fsp3) is 0.364. The number of halogens is 1. The van der Waals surface area contributed by atoms with Gasteiger partial charge in [0, 0.05) is 5.02 Å². The Labute approximate surface area is 88.1 Å². The lowest BCUT2D eigenvalue weighted by Gasteiger charge is -2.08. The zero-order chi connectivity index (χ0) is 10.2. The summed E-state index contributed by atoms with van der Waals surface area (Å²) in [7, 11) is 0. The van der Waals surface area contributed by atoms with Crippen molar-refractivity contribution in [3.8, 4) is 6.07 Å². The van der Waals surface area contributed by atoms with E-state index in [1.54, 1.807) is 0 Å². The third-order valence-electron chi connectivity index (χ3n) is 2.67. The second-order valence-corrected chi connectivity index (χ2v) is 3.81. The zero-order valence-electron chi connectivity index (χ0n) is 7.83. The minimum Gasteiger partial charge on any atom is -0.345 e. The molecule has 3 heteroatoms. The lowest BCUT2D eigenvalue weighted by molar-refractivity contribution is 0.295. The van der Waals surface area contributed by atoms with Crippen LogP contribution in [-0.2, 0) is 10.3 Å². The van der Waals surface area contributed by atoms with Crippen LogP contribution >= 0.6 is 11.6 Å². The van der Waals surface area contributed by atoms with E-state index in [4.69, 9.17) is 21.6 Å². The van der Waals surface area contributed by atoms with E-state index in [9.17, 15) is 0 Å². The normalized spacial score (nSPS) is 29.6. The molecule has 1 aromatic carbocycles. The van der Waals surface area contributed by atoms with Crippen molar-refractivity contribution < 1.29 is 4.74 Å². The molecule has 0 amide bonds. The SMILES string of the molecule is CCC1(c2ccc(Cl)cc2)OC1C#N. The average molecular weight is 208 g/mol. The van der Waals surface area contributed by atoms with Gasteiger partial charge >= 0.3 is 0 Å². The van der Waals surface area contributed by atoms with Gasteiger partial charge in [0.25, 0.3) is 0 Å². The van der Waals surface area contributed by atoms with Gasteiger partial charge in [0.05, 0.1) is 6.07 Å². The van der Waals surface area contributed by atoms with Crippen LogP contribution in [0.5, 0.6) is 0 Å². The van der Waals surface area contributed by atoms with Crippen LogP contribution in [-0.4, -0.2) is 6.10 Å². The summed E-state index contributed by atoms with van der Waals surface area (Å²) < 4.78 is 5.42. The Morgan fingerprint density at radius 2 is 2.14 bits per heavy atom. The van der Waals surface area contributed by atoms with E-state index in [0.717, 1.165) is 12.0 Å². The van der Waals surface area contributed by atoms with Gasteiger partial charge < -0.3 is 4.74 Å². The molecule has 2 unspecified atom stereocenters. The standard InChI is InChI=1S/C11H10ClNO/c1-2-11(10(7-13)14-11)8-3-5-9(12)6-4-8/h3-6,10H,2H2,1H3. The summed E-state index contributed by atoms with van der Waals surface area (Å²) in [6.07, 6.45) is 0.515. The molecule has 1 fully saturated rings. The van der Waals surface area contributed by atoms with Crippen molar-refractivity contribution in [3.05, 3.63) is 34.9 Å². The predicted octanol–water partition coefficient (Wildman–Crippen LogP) is 2.87. The molecule has 0 radical (unpaired) electrons. The highest BCUT2D eigenvalue weighted by Gasteiger charge is 2.56. The molecule has 1 aliphatic rings. The lowest BCUT2D eigenvalue weighted by Crippen LogP contribution is -2.10. The number of rotatable bonds is 2. The van der Waals surface area contributed by atoms with E-state index in [1.807, 2.05) is 31.2 Å². The number of nitriles is 1. The molecule has 1 aromatic rings. The topological polar surface area (TPSA) is 36.3 Å². The molecule has 14 heavy (non-hydrogen) atoms. The summed E-state index contributed by atoms with van der Waals surface area (Å²) in [6.45, 7) is 2.02. The van der Waals surface area contributed by atoms with E-state index in [0.29, 0.717) is 5.02 Å². The summed E-state index contributed by atoms with van der Waals surface area (Å²) in [4.78, 5) is 0. The van der Waals surface area contributed by atoms with Crippen LogP contribution in [0.25, 0.3) is 0 Å². The molecule has 1 aliphatic heterocycles. The Kier molecular flexibility index (Phi) is 2.22. The van der Waals surface area contributed by atoms with E-state index in [-0.39, 0.29) is 11.7 Å². The van der Waals surface area contributed by atoms with Gasteiger partial charge in [0.15, 0.2) is 6.10 Å². The lowest BCUT2D eigenvalue weighted by atomic mass is 9.93. The van der Waals surface area contributed by atoms with Gasteiger partial charge in [-0.2, -0.15) is 5.26 Å². The molecular weight excluding hydrogens is 198 g/mol. The highest BCUT2D eigenvalue weighted by atomic mass is 35.5. The first kappa shape index (κ1) is 9.51. The number of ether oxygens (including phenoxy) is 1. The zero-order valence-corrected chi connectivity index (χ0v) is 8.58. The number of nitrogens with zero attached hydrogens (tertiary/aromatic N) is 1. The van der Waals surface area contributed by atoms with Crippen molar-refractivity contribution in [1.29, 1.82) is 5.26 Å². The van der Waals surface area contributed by atoms with Crippen LogP contribution in [0.1, 0.15) is 18.9 Å². The fourth-order valence-electron chi connectivity index (χ4n) is 1.73. The number of hydrogen-bond donors (Lipinski definition) is 0. The van der Waals surface area contributed by atoms with Crippen molar-refractivity contribution >= 4 is 11.6 Å². The maximum absolute atomic E-state index is 8.79. The van der Waals surface area contributed by atoms with E-state index < -0.39 is 0 Å². The van der Waals surface area contributed by atoms with Crippen LogP contribution < -0.4 is 0 Å². The predicted molar refractivity (Wildman–Crippen MR) is 53.9 cm³/mol. The van der Waals surface area contributed by atoms with Gasteiger partial charge in [-0.3, -0.25) is 0 Å². The van der Waals surface area contributed by atoms with Crippen LogP contribution in [0.3, 0.4) is 0 Å². The molecule has 2 rings (SSSR count). The van der Waals surface area contributed by atoms with Crippen molar-refractivity contribution in [2.45, 2.75) is 25.0 Å². The van der Waals surface area contributed by atoms with Gasteiger partial charge in [-0.1, -0.05) is 30.7 Å². The first-order valence-corrected chi connectivity index (χ1v) is 4.94. The minimum absolute atomic E-state index is 0.298. The molecule has 0 bridgehead atoms. The summed E-state index contributed by atoms with van der Waals surface area (Å²) in [6, 6.07) is 9.63. The van der Waals surface area contributed by atoms with Gasteiger partial charge in [0.2, 0.25) is 0 Å². The van der Waals surface area contributed by atoms with Crippen molar-refractivity contribution in [3.63, 3.8) is 0 Å². The first-order valence-electron chi connectivity index (χ1n) is 4.56. The quantitative estimate of drug-likeness (QED) is 0.700. The monoisotopic (exact) mass is 207 g/mol. The van der Waals surface area contributed by atoms with Crippen LogP contribution in [0.15, 0.2) is 24.3 Å². The molecule has 1 saturated heterocycles. The maximum atomic E-state index is 8.79. The van der Waals surface area contributed by atoms with Crippen molar-refractivity contribution in [2.24, 2.45) is 0 Å². The maximum Gasteiger partial charge on any atom is 0.178 e. The molecule has 0 N–H and O–H groups in total. The Hall–Kier alpha value is -1.04. The van der Waals surface area contributed by atoms with Crippen LogP contribution in [0.4, 0.5) is 0 Å². The van der Waals surface area contributed by atoms with E-state index in [1.165, 1.54) is 0 Å². The molecular formula is C11H10ClNO. The van der Waals surface area contributed by atoms with Crippen molar-refractivity contribution in [2.75, 3.05) is 0 Å². The highest BCUT2D eigenvalue weighted by molar-refractivity contribution is 6.30. The van der Waals surface area contributed by atoms with Gasteiger partial charge in [0.1, 0.15) is 5.60 Å². The Balaban J connectivity index is 2.32.